The van der Waals surface area contributed by atoms with Crippen LogP contribution in [-0.4, -0.2) is 18.3 Å². The summed E-state index contributed by atoms with van der Waals surface area (Å²) < 4.78 is 11.5. The van der Waals surface area contributed by atoms with E-state index in [9.17, 15) is 0 Å². The number of nitrogens with zero attached hydrogens (tertiary/aromatic N) is 1. The molecule has 0 bridgehead atoms. The second kappa shape index (κ2) is 5.52. The van der Waals surface area contributed by atoms with Gasteiger partial charge in [0.25, 0.3) is 5.88 Å². The zero-order valence-electron chi connectivity index (χ0n) is 8.70. The van der Waals surface area contributed by atoms with Crippen molar-refractivity contribution in [1.29, 1.82) is 0 Å². The van der Waals surface area contributed by atoms with Gasteiger partial charge in [-0.05, 0) is 29.8 Å². The zero-order chi connectivity index (χ0) is 10.8. The van der Waals surface area contributed by atoms with Gasteiger partial charge in [0.1, 0.15) is 6.61 Å². The van der Waals surface area contributed by atoms with E-state index in [1.807, 2.05) is 19.1 Å². The normalized spacial score (nSPS) is 10.2. The van der Waals surface area contributed by atoms with E-state index >= 15 is 0 Å². The van der Waals surface area contributed by atoms with Crippen LogP contribution in [0.15, 0.2) is 21.1 Å². The molecule has 0 spiro atoms. The second-order valence-electron chi connectivity index (χ2n) is 3.17. The summed E-state index contributed by atoms with van der Waals surface area (Å²) in [6, 6.07) is 3.78. The molecule has 0 atom stereocenters. The topological polar surface area (TPSA) is 61.3 Å². The van der Waals surface area contributed by atoms with Crippen LogP contribution in [-0.2, 0) is 0 Å². The van der Waals surface area contributed by atoms with Crippen molar-refractivity contribution in [1.82, 2.24) is 5.16 Å². The molecule has 2 aromatic rings. The fourth-order valence-electron chi connectivity index (χ4n) is 1.39. The van der Waals surface area contributed by atoms with Crippen LogP contribution in [0.25, 0.3) is 11.0 Å². The van der Waals surface area contributed by atoms with E-state index in [2.05, 4.69) is 21.1 Å². The number of aryl methyl sites for hydroxylation is 1. The van der Waals surface area contributed by atoms with Crippen LogP contribution in [0.2, 0.25) is 0 Å². The molecule has 16 heavy (non-hydrogen) atoms. The Morgan fingerprint density at radius 3 is 2.94 bits per heavy atom. The van der Waals surface area contributed by atoms with Gasteiger partial charge in [0.2, 0.25) is 0 Å². The molecule has 6 heteroatoms. The van der Waals surface area contributed by atoms with Gasteiger partial charge in [0.05, 0.1) is 5.39 Å². The Balaban J connectivity index is 0.00000128. The lowest BCUT2D eigenvalue weighted by atomic mass is 10.1. The van der Waals surface area contributed by atoms with Crippen LogP contribution in [0.4, 0.5) is 0 Å². The monoisotopic (exact) mass is 306 g/mol. The van der Waals surface area contributed by atoms with Crippen LogP contribution in [0.1, 0.15) is 5.56 Å². The Bertz CT molecular complexity index is 487. The van der Waals surface area contributed by atoms with Gasteiger partial charge in [-0.1, -0.05) is 15.9 Å². The third kappa shape index (κ3) is 2.31. The molecule has 2 rings (SSSR count). The molecule has 1 aromatic carbocycles. The average molecular weight is 308 g/mol. The van der Waals surface area contributed by atoms with Gasteiger partial charge in [-0.15, -0.1) is 12.4 Å². The summed E-state index contributed by atoms with van der Waals surface area (Å²) in [5.41, 5.74) is 7.15. The lowest BCUT2D eigenvalue weighted by Crippen LogP contribution is -2.10. The summed E-state index contributed by atoms with van der Waals surface area (Å²) in [6.07, 6.45) is 0. The first kappa shape index (κ1) is 13.3. The lowest BCUT2D eigenvalue weighted by molar-refractivity contribution is 0.293. The Hall–Kier alpha value is -0.780. The van der Waals surface area contributed by atoms with Crippen molar-refractivity contribution in [2.45, 2.75) is 6.92 Å². The SMILES string of the molecule is Cc1c(Br)ccc2onc(OCCN)c12.Cl. The number of ether oxygens (including phenoxy) is 1. The van der Waals surface area contributed by atoms with Gasteiger partial charge in [-0.2, -0.15) is 0 Å². The molecule has 0 aliphatic carbocycles. The quantitative estimate of drug-likeness (QED) is 0.947. The van der Waals surface area contributed by atoms with Crippen molar-refractivity contribution in [3.63, 3.8) is 0 Å². The number of rotatable bonds is 3. The predicted molar refractivity (Wildman–Crippen MR) is 68.2 cm³/mol. The minimum absolute atomic E-state index is 0. The van der Waals surface area contributed by atoms with Crippen molar-refractivity contribution < 1.29 is 9.26 Å². The highest BCUT2D eigenvalue weighted by molar-refractivity contribution is 9.10. The van der Waals surface area contributed by atoms with Crippen LogP contribution < -0.4 is 10.5 Å². The van der Waals surface area contributed by atoms with Gasteiger partial charge in [0.15, 0.2) is 5.58 Å². The number of halogens is 2. The van der Waals surface area contributed by atoms with Crippen molar-refractivity contribution in [2.75, 3.05) is 13.2 Å². The molecular weight excluding hydrogens is 295 g/mol. The Morgan fingerprint density at radius 2 is 2.25 bits per heavy atom. The minimum atomic E-state index is 0. The summed E-state index contributed by atoms with van der Waals surface area (Å²) in [5.74, 6) is 0.509. The maximum absolute atomic E-state index is 5.39. The molecule has 0 radical (unpaired) electrons. The molecular formula is C10H12BrClN2O2. The van der Waals surface area contributed by atoms with Crippen LogP contribution >= 0.6 is 28.3 Å². The number of hydrogen-bond acceptors (Lipinski definition) is 4. The summed E-state index contributed by atoms with van der Waals surface area (Å²) in [4.78, 5) is 0. The van der Waals surface area contributed by atoms with Crippen molar-refractivity contribution in [2.24, 2.45) is 5.73 Å². The summed E-state index contributed by atoms with van der Waals surface area (Å²) in [7, 11) is 0. The van der Waals surface area contributed by atoms with E-state index in [-0.39, 0.29) is 12.4 Å². The van der Waals surface area contributed by atoms with E-state index in [0.717, 1.165) is 21.0 Å². The van der Waals surface area contributed by atoms with Crippen molar-refractivity contribution in [3.8, 4) is 5.88 Å². The number of benzene rings is 1. The molecule has 0 unspecified atom stereocenters. The predicted octanol–water partition coefficient (Wildman–Crippen LogP) is 2.66. The van der Waals surface area contributed by atoms with Crippen LogP contribution in [0, 0.1) is 6.92 Å². The molecule has 0 aliphatic rings. The highest BCUT2D eigenvalue weighted by Gasteiger charge is 2.13. The third-order valence-corrected chi connectivity index (χ3v) is 3.02. The molecule has 0 fully saturated rings. The van der Waals surface area contributed by atoms with E-state index < -0.39 is 0 Å². The summed E-state index contributed by atoms with van der Waals surface area (Å²) >= 11 is 3.45. The van der Waals surface area contributed by atoms with E-state index in [1.54, 1.807) is 0 Å². The molecule has 88 valence electrons. The molecule has 0 saturated heterocycles. The molecule has 0 amide bonds. The van der Waals surface area contributed by atoms with Gasteiger partial charge in [-0.3, -0.25) is 0 Å². The number of fused-ring (bicyclic) bond motifs is 1. The Kier molecular flexibility index (Phi) is 4.58. The van der Waals surface area contributed by atoms with E-state index in [1.165, 1.54) is 0 Å². The fourth-order valence-corrected chi connectivity index (χ4v) is 1.72. The number of aromatic nitrogens is 1. The molecule has 4 nitrogen and oxygen atoms in total. The standard InChI is InChI=1S/C10H11BrN2O2.ClH/c1-6-7(11)2-3-8-9(6)10(13-15-8)14-5-4-12;/h2-3H,4-5,12H2,1H3;1H. The lowest BCUT2D eigenvalue weighted by Gasteiger charge is -2.02. The van der Waals surface area contributed by atoms with E-state index in [4.69, 9.17) is 15.0 Å². The summed E-state index contributed by atoms with van der Waals surface area (Å²) in [5, 5.41) is 4.76. The first-order valence-corrected chi connectivity index (χ1v) is 5.40. The molecule has 0 aliphatic heterocycles. The minimum Gasteiger partial charge on any atom is -0.474 e. The Morgan fingerprint density at radius 1 is 1.50 bits per heavy atom. The van der Waals surface area contributed by atoms with Crippen LogP contribution in [0.3, 0.4) is 0 Å². The molecule has 1 heterocycles. The number of hydrogen-bond donors (Lipinski definition) is 1. The second-order valence-corrected chi connectivity index (χ2v) is 4.02. The Labute approximate surface area is 108 Å². The first-order chi connectivity index (χ1) is 7.24. The highest BCUT2D eigenvalue weighted by atomic mass is 79.9. The first-order valence-electron chi connectivity index (χ1n) is 4.61. The third-order valence-electron chi connectivity index (χ3n) is 2.16. The molecule has 2 N–H and O–H groups in total. The zero-order valence-corrected chi connectivity index (χ0v) is 11.1. The van der Waals surface area contributed by atoms with E-state index in [0.29, 0.717) is 19.0 Å². The average Bonchev–Trinajstić information content (AvgIpc) is 2.64. The maximum Gasteiger partial charge on any atom is 0.262 e. The largest absolute Gasteiger partial charge is 0.474 e. The van der Waals surface area contributed by atoms with Gasteiger partial charge < -0.3 is 15.0 Å². The molecule has 1 aromatic heterocycles. The molecule has 0 saturated carbocycles. The highest BCUT2D eigenvalue weighted by Crippen LogP contribution is 2.32. The van der Waals surface area contributed by atoms with Gasteiger partial charge >= 0.3 is 0 Å². The fraction of sp³-hybridized carbons (Fsp3) is 0.300. The number of nitrogens with two attached hydrogens (primary N) is 1. The maximum atomic E-state index is 5.39. The van der Waals surface area contributed by atoms with Gasteiger partial charge in [-0.25, -0.2) is 0 Å². The van der Waals surface area contributed by atoms with Crippen molar-refractivity contribution in [3.05, 3.63) is 22.2 Å². The smallest absolute Gasteiger partial charge is 0.262 e. The summed E-state index contributed by atoms with van der Waals surface area (Å²) in [6.45, 7) is 2.88. The van der Waals surface area contributed by atoms with Crippen LogP contribution in [0.5, 0.6) is 5.88 Å². The van der Waals surface area contributed by atoms with Crippen molar-refractivity contribution >= 4 is 39.3 Å². The van der Waals surface area contributed by atoms with Gasteiger partial charge in [0, 0.05) is 11.0 Å².